The van der Waals surface area contributed by atoms with E-state index >= 15 is 0 Å². The number of oxime groups is 1. The zero-order valence-electron chi connectivity index (χ0n) is 20.9. The van der Waals surface area contributed by atoms with E-state index in [9.17, 15) is 19.5 Å². The average Bonchev–Trinajstić information content (AvgIpc) is 3.30. The van der Waals surface area contributed by atoms with Gasteiger partial charge < -0.3 is 26.7 Å². The first-order chi connectivity index (χ1) is 18.0. The van der Waals surface area contributed by atoms with Gasteiger partial charge in [0, 0.05) is 16.9 Å². The van der Waals surface area contributed by atoms with E-state index in [0.29, 0.717) is 22.3 Å². The molecule has 6 N–H and O–H groups in total. The van der Waals surface area contributed by atoms with Gasteiger partial charge in [-0.2, -0.15) is 0 Å². The second-order valence-corrected chi connectivity index (χ2v) is 11.3. The highest BCUT2D eigenvalue weighted by atomic mass is 32.2. The monoisotopic (exact) mass is 580 g/mol. The first-order valence-corrected chi connectivity index (χ1v) is 13.9. The number of carbonyl (C=O) groups excluding carboxylic acids is 2. The molecule has 0 bridgehead atoms. The van der Waals surface area contributed by atoms with E-state index in [4.69, 9.17) is 16.3 Å². The number of β-lactam (4-membered cyclic amide) rings is 1. The molecule has 2 aliphatic rings. The maximum Gasteiger partial charge on any atom is 0.352 e. The molecule has 14 nitrogen and oxygen atoms in total. The zero-order chi connectivity index (χ0) is 27.7. The molecule has 1 fully saturated rings. The minimum Gasteiger partial charge on any atom is -0.477 e. The van der Waals surface area contributed by atoms with E-state index < -0.39 is 29.2 Å². The summed E-state index contributed by atoms with van der Waals surface area (Å²) in [5, 5.41) is 18.1. The molecule has 0 saturated carbocycles. The summed E-state index contributed by atoms with van der Waals surface area (Å²) in [5.41, 5.74) is 12.2. The number of aromatic nitrogens is 3. The van der Waals surface area contributed by atoms with E-state index in [2.05, 4.69) is 20.4 Å². The number of rotatable bonds is 9. The largest absolute Gasteiger partial charge is 0.477 e. The van der Waals surface area contributed by atoms with Gasteiger partial charge in [0.2, 0.25) is 11.6 Å². The number of carboxylic acids is 1. The number of nitrogens with two attached hydrogens (primary N) is 2. The Bertz CT molecular complexity index is 1360. The summed E-state index contributed by atoms with van der Waals surface area (Å²) in [6.07, 6.45) is 0. The molecule has 0 aliphatic carbocycles. The number of nitrogens with one attached hydrogen (secondary N) is 1. The molecular formula is C21H26N9O5S3+. The molecule has 2 aromatic heterocycles. The molecule has 2 amide bonds. The lowest BCUT2D eigenvalue weighted by Gasteiger charge is -2.49. The number of hydrogen-bond acceptors (Lipinski definition) is 13. The second-order valence-electron chi connectivity index (χ2n) is 8.38. The van der Waals surface area contributed by atoms with Crippen LogP contribution in [0.3, 0.4) is 0 Å². The van der Waals surface area contributed by atoms with Gasteiger partial charge in [-0.1, -0.05) is 10.1 Å². The van der Waals surface area contributed by atoms with Gasteiger partial charge in [0.25, 0.3) is 11.8 Å². The molecule has 2 atom stereocenters. The van der Waals surface area contributed by atoms with Crippen molar-refractivity contribution in [2.24, 2.45) is 12.2 Å². The van der Waals surface area contributed by atoms with Crippen LogP contribution in [0.4, 0.5) is 16.8 Å². The normalized spacial score (nSPS) is 19.1. The SMILES string of the molecule is CO/N=C(\C(=O)NC1C(=O)N2C(C(=O)O)=C(CSc3nc(N)cc(N(C)C)[n+]3C)CS[C@H]12)c1csc(N)n1. The summed E-state index contributed by atoms with van der Waals surface area (Å²) in [6.45, 7) is 0. The molecule has 0 radical (unpaired) electrons. The van der Waals surface area contributed by atoms with Crippen molar-refractivity contribution in [1.29, 1.82) is 0 Å². The lowest BCUT2D eigenvalue weighted by Crippen LogP contribution is -2.71. The van der Waals surface area contributed by atoms with Crippen molar-refractivity contribution in [3.05, 3.63) is 28.4 Å². The lowest BCUT2D eigenvalue weighted by molar-refractivity contribution is -0.700. The Kier molecular flexibility index (Phi) is 7.98. The highest BCUT2D eigenvalue weighted by Crippen LogP contribution is 2.41. The molecule has 2 aromatic rings. The topological polar surface area (TPSA) is 193 Å². The Balaban J connectivity index is 1.52. The van der Waals surface area contributed by atoms with Gasteiger partial charge in [-0.05, 0) is 17.3 Å². The van der Waals surface area contributed by atoms with Crippen LogP contribution in [0.2, 0.25) is 0 Å². The Morgan fingerprint density at radius 3 is 2.74 bits per heavy atom. The smallest absolute Gasteiger partial charge is 0.352 e. The van der Waals surface area contributed by atoms with Crippen LogP contribution in [-0.2, 0) is 26.3 Å². The molecule has 2 aliphatic heterocycles. The van der Waals surface area contributed by atoms with Crippen LogP contribution in [0.25, 0.3) is 0 Å². The van der Waals surface area contributed by atoms with Crippen molar-refractivity contribution in [1.82, 2.24) is 20.2 Å². The van der Waals surface area contributed by atoms with E-state index in [1.165, 1.54) is 35.5 Å². The van der Waals surface area contributed by atoms with Crippen LogP contribution < -0.4 is 26.3 Å². The Labute approximate surface area is 230 Å². The van der Waals surface area contributed by atoms with Gasteiger partial charge in [0.15, 0.2) is 10.8 Å². The van der Waals surface area contributed by atoms with Crippen LogP contribution in [-0.4, -0.2) is 87.6 Å². The fraction of sp³-hybridized carbons (Fsp3) is 0.381. The number of thioether (sulfide) groups is 2. The Hall–Kier alpha value is -3.57. The summed E-state index contributed by atoms with van der Waals surface area (Å²) in [7, 11) is 6.89. The van der Waals surface area contributed by atoms with Crippen molar-refractivity contribution < 1.29 is 28.9 Å². The number of thiazole rings is 1. The predicted octanol–water partition coefficient (Wildman–Crippen LogP) is -0.526. The summed E-state index contributed by atoms with van der Waals surface area (Å²) in [4.78, 5) is 54.5. The van der Waals surface area contributed by atoms with Crippen LogP contribution in [0.15, 0.2) is 33.0 Å². The summed E-state index contributed by atoms with van der Waals surface area (Å²) < 4.78 is 1.86. The number of anilines is 3. The number of nitrogens with zero attached hydrogens (tertiary/aromatic N) is 6. The van der Waals surface area contributed by atoms with Gasteiger partial charge >= 0.3 is 11.1 Å². The van der Waals surface area contributed by atoms with Gasteiger partial charge in [-0.3, -0.25) is 19.4 Å². The van der Waals surface area contributed by atoms with Crippen molar-refractivity contribution in [3.63, 3.8) is 0 Å². The standard InChI is InChI=1S/C21H25N9O5S3/c1-28(2)12-5-11(22)25-21(29(12)3)38-7-9-6-36-18-14(17(32)30(18)15(9)19(33)34)26-16(31)13(27-35-4)10-8-37-20(23)24-10/h5,8,14,18,22H,6-7H2,1-4H3,(H4,23,24,26,31,33,34)/p+1/b27-13-/t14?,18-/m1/s1. The second kappa shape index (κ2) is 11.0. The predicted molar refractivity (Wildman–Crippen MR) is 145 cm³/mol. The quantitative estimate of drug-likeness (QED) is 0.0741. The molecule has 4 heterocycles. The maximum atomic E-state index is 13.1. The minimum absolute atomic E-state index is 0.0887. The maximum absolute atomic E-state index is 13.1. The number of nitrogen functional groups attached to an aromatic ring is 2. The summed E-state index contributed by atoms with van der Waals surface area (Å²) >= 11 is 3.82. The van der Waals surface area contributed by atoms with E-state index in [0.717, 1.165) is 17.2 Å². The lowest BCUT2D eigenvalue weighted by atomic mass is 10.0. The molecule has 0 aromatic carbocycles. The molecule has 1 saturated heterocycles. The van der Waals surface area contributed by atoms with Crippen molar-refractivity contribution >= 4 is 75.1 Å². The van der Waals surface area contributed by atoms with Gasteiger partial charge in [-0.15, -0.1) is 23.1 Å². The fourth-order valence-corrected chi connectivity index (χ4v) is 6.97. The first kappa shape index (κ1) is 27.5. The molecule has 4 rings (SSSR count). The van der Waals surface area contributed by atoms with E-state index in [-0.39, 0.29) is 28.0 Å². The Morgan fingerprint density at radius 1 is 1.39 bits per heavy atom. The van der Waals surface area contributed by atoms with Gasteiger partial charge in [0.1, 0.15) is 29.9 Å². The van der Waals surface area contributed by atoms with E-state index in [1.54, 1.807) is 11.4 Å². The van der Waals surface area contributed by atoms with Crippen LogP contribution in [0.5, 0.6) is 0 Å². The zero-order valence-corrected chi connectivity index (χ0v) is 23.3. The van der Waals surface area contributed by atoms with Crippen molar-refractivity contribution in [3.8, 4) is 0 Å². The summed E-state index contributed by atoms with van der Waals surface area (Å²) in [6, 6.07) is 0.803. The van der Waals surface area contributed by atoms with Crippen LogP contribution >= 0.6 is 34.9 Å². The minimum atomic E-state index is -1.22. The van der Waals surface area contributed by atoms with Crippen molar-refractivity contribution in [2.75, 3.05) is 49.1 Å². The van der Waals surface area contributed by atoms with Gasteiger partial charge in [-0.25, -0.2) is 14.3 Å². The molecule has 202 valence electrons. The third kappa shape index (κ3) is 5.21. The highest BCUT2D eigenvalue weighted by molar-refractivity contribution is 8.01. The first-order valence-electron chi connectivity index (χ1n) is 11.0. The highest BCUT2D eigenvalue weighted by Gasteiger charge is 2.54. The van der Waals surface area contributed by atoms with E-state index in [1.807, 2.05) is 30.6 Å². The average molecular weight is 581 g/mol. The molecule has 38 heavy (non-hydrogen) atoms. The number of amides is 2. The fourth-order valence-electron chi connectivity index (χ4n) is 3.95. The molecule has 17 heteroatoms. The summed E-state index contributed by atoms with van der Waals surface area (Å²) in [5.74, 6) is -0.629. The molecule has 1 unspecified atom stereocenters. The molecular weight excluding hydrogens is 554 g/mol. The number of fused-ring (bicyclic) bond motifs is 1. The number of carbonyl (C=O) groups is 3. The third-order valence-electron chi connectivity index (χ3n) is 5.66. The number of carboxylic acid groups (broad SMARTS) is 1. The van der Waals surface area contributed by atoms with Gasteiger partial charge in [0.05, 0.1) is 27.2 Å². The number of hydrogen-bond donors (Lipinski definition) is 4. The third-order valence-corrected chi connectivity index (χ3v) is 8.79. The van der Waals surface area contributed by atoms with Crippen molar-refractivity contribution in [2.45, 2.75) is 16.6 Å². The Morgan fingerprint density at radius 2 is 2.13 bits per heavy atom. The molecule has 0 spiro atoms. The van der Waals surface area contributed by atoms with Crippen LogP contribution in [0.1, 0.15) is 5.69 Å². The number of aliphatic carboxylic acids is 1. The van der Waals surface area contributed by atoms with Crippen LogP contribution in [0, 0.1) is 0 Å².